The highest BCUT2D eigenvalue weighted by molar-refractivity contribution is 5.93. The number of ether oxygens (including phenoxy) is 1. The summed E-state index contributed by atoms with van der Waals surface area (Å²) in [4.78, 5) is 52.0. The largest absolute Gasteiger partial charge is 0.384 e. The summed E-state index contributed by atoms with van der Waals surface area (Å²) in [6.45, 7) is 6.56. The first kappa shape index (κ1) is 23.1. The van der Waals surface area contributed by atoms with Crippen LogP contribution in [0.4, 0.5) is 0 Å². The molecule has 0 saturated carbocycles. The SMILES string of the molecule is CCCCN(C(=O)C1CCCN1C(=O)CCOC)C(C)C(=O)NC(C)C=O. The summed E-state index contributed by atoms with van der Waals surface area (Å²) in [7, 11) is 1.53. The number of carbonyl (C=O) groups is 4. The van der Waals surface area contributed by atoms with Gasteiger partial charge in [-0.1, -0.05) is 13.3 Å². The molecular formula is C19H33N3O5. The Kier molecular flexibility index (Phi) is 9.99. The maximum atomic E-state index is 13.2. The van der Waals surface area contributed by atoms with Crippen LogP contribution in [0, 0.1) is 0 Å². The Morgan fingerprint density at radius 3 is 2.63 bits per heavy atom. The molecule has 1 rings (SSSR count). The van der Waals surface area contributed by atoms with Gasteiger partial charge in [-0.05, 0) is 33.1 Å². The molecule has 1 saturated heterocycles. The molecule has 0 aromatic heterocycles. The van der Waals surface area contributed by atoms with Crippen LogP contribution in [0.2, 0.25) is 0 Å². The summed E-state index contributed by atoms with van der Waals surface area (Å²) < 4.78 is 4.96. The van der Waals surface area contributed by atoms with Gasteiger partial charge in [0.15, 0.2) is 0 Å². The Bertz CT molecular complexity index is 525. The third kappa shape index (κ3) is 6.61. The Morgan fingerprint density at radius 2 is 2.04 bits per heavy atom. The van der Waals surface area contributed by atoms with Crippen molar-refractivity contribution in [1.82, 2.24) is 15.1 Å². The third-order valence-corrected chi connectivity index (χ3v) is 4.83. The number of amides is 3. The highest BCUT2D eigenvalue weighted by Crippen LogP contribution is 2.22. The van der Waals surface area contributed by atoms with Gasteiger partial charge in [-0.2, -0.15) is 0 Å². The highest BCUT2D eigenvalue weighted by atomic mass is 16.5. The van der Waals surface area contributed by atoms with Gasteiger partial charge in [-0.25, -0.2) is 0 Å². The fourth-order valence-electron chi connectivity index (χ4n) is 3.19. The van der Waals surface area contributed by atoms with Crippen molar-refractivity contribution in [2.24, 2.45) is 0 Å². The van der Waals surface area contributed by atoms with Crippen molar-refractivity contribution in [3.63, 3.8) is 0 Å². The Hall–Kier alpha value is -1.96. The summed E-state index contributed by atoms with van der Waals surface area (Å²) in [5.74, 6) is -0.669. The minimum Gasteiger partial charge on any atom is -0.384 e. The lowest BCUT2D eigenvalue weighted by Gasteiger charge is -2.34. The van der Waals surface area contributed by atoms with E-state index in [1.54, 1.807) is 23.6 Å². The predicted octanol–water partition coefficient (Wildman–Crippen LogP) is 0.735. The van der Waals surface area contributed by atoms with Crippen LogP contribution < -0.4 is 5.32 Å². The number of hydrogen-bond acceptors (Lipinski definition) is 5. The lowest BCUT2D eigenvalue weighted by atomic mass is 10.1. The van der Waals surface area contributed by atoms with Crippen molar-refractivity contribution in [2.45, 2.75) is 71.0 Å². The van der Waals surface area contributed by atoms with Gasteiger partial charge >= 0.3 is 0 Å². The van der Waals surface area contributed by atoms with Crippen molar-refractivity contribution in [1.29, 1.82) is 0 Å². The monoisotopic (exact) mass is 383 g/mol. The minimum absolute atomic E-state index is 0.102. The second-order valence-electron chi connectivity index (χ2n) is 6.98. The molecule has 1 fully saturated rings. The molecule has 154 valence electrons. The molecule has 0 aromatic rings. The fourth-order valence-corrected chi connectivity index (χ4v) is 3.19. The van der Waals surface area contributed by atoms with Crippen molar-refractivity contribution in [3.05, 3.63) is 0 Å². The van der Waals surface area contributed by atoms with Crippen LogP contribution in [0.5, 0.6) is 0 Å². The molecular weight excluding hydrogens is 350 g/mol. The third-order valence-electron chi connectivity index (χ3n) is 4.83. The van der Waals surface area contributed by atoms with E-state index in [-0.39, 0.29) is 24.1 Å². The van der Waals surface area contributed by atoms with Gasteiger partial charge in [0.1, 0.15) is 18.4 Å². The van der Waals surface area contributed by atoms with Crippen molar-refractivity contribution in [2.75, 3.05) is 26.8 Å². The number of nitrogens with one attached hydrogen (secondary N) is 1. The number of nitrogens with zero attached hydrogens (tertiary/aromatic N) is 2. The first-order chi connectivity index (χ1) is 12.9. The molecule has 0 aliphatic carbocycles. The molecule has 1 N–H and O–H groups in total. The van der Waals surface area contributed by atoms with Crippen LogP contribution >= 0.6 is 0 Å². The van der Waals surface area contributed by atoms with Crippen LogP contribution in [0.1, 0.15) is 52.9 Å². The van der Waals surface area contributed by atoms with Gasteiger partial charge in [0, 0.05) is 20.2 Å². The molecule has 3 amide bonds. The zero-order chi connectivity index (χ0) is 20.4. The fraction of sp³-hybridized carbons (Fsp3) is 0.789. The molecule has 3 unspecified atom stereocenters. The molecule has 1 aliphatic heterocycles. The average Bonchev–Trinajstić information content (AvgIpc) is 3.15. The minimum atomic E-state index is -0.706. The molecule has 8 heteroatoms. The molecule has 0 aromatic carbocycles. The van der Waals surface area contributed by atoms with Crippen LogP contribution in [-0.4, -0.2) is 78.7 Å². The molecule has 8 nitrogen and oxygen atoms in total. The maximum absolute atomic E-state index is 13.2. The predicted molar refractivity (Wildman–Crippen MR) is 101 cm³/mol. The van der Waals surface area contributed by atoms with Gasteiger partial charge in [-0.3, -0.25) is 14.4 Å². The summed E-state index contributed by atoms with van der Waals surface area (Å²) in [6, 6.07) is -1.85. The summed E-state index contributed by atoms with van der Waals surface area (Å²) >= 11 is 0. The van der Waals surface area contributed by atoms with E-state index in [9.17, 15) is 19.2 Å². The smallest absolute Gasteiger partial charge is 0.246 e. The van der Waals surface area contributed by atoms with Crippen molar-refractivity contribution in [3.8, 4) is 0 Å². The van der Waals surface area contributed by atoms with Crippen LogP contribution in [-0.2, 0) is 23.9 Å². The van der Waals surface area contributed by atoms with E-state index in [1.165, 1.54) is 7.11 Å². The molecule has 0 radical (unpaired) electrons. The standard InChI is InChI=1S/C19H33N3O5/c1-5-6-10-21(15(3)18(25)20-14(2)13-23)19(26)16-8-7-11-22(16)17(24)9-12-27-4/h13-16H,5-12H2,1-4H3,(H,20,25). The Labute approximate surface area is 161 Å². The lowest BCUT2D eigenvalue weighted by molar-refractivity contribution is -0.148. The summed E-state index contributed by atoms with van der Waals surface area (Å²) in [5.41, 5.74) is 0. The average molecular weight is 383 g/mol. The quantitative estimate of drug-likeness (QED) is 0.531. The molecule has 1 heterocycles. The summed E-state index contributed by atoms with van der Waals surface area (Å²) in [6.07, 6.45) is 3.89. The van der Waals surface area contributed by atoms with E-state index < -0.39 is 18.1 Å². The molecule has 0 bridgehead atoms. The molecule has 27 heavy (non-hydrogen) atoms. The number of unbranched alkanes of at least 4 members (excludes halogenated alkanes) is 1. The van der Waals surface area contributed by atoms with Crippen molar-refractivity contribution < 1.29 is 23.9 Å². The second kappa shape index (κ2) is 11.7. The van der Waals surface area contributed by atoms with E-state index in [4.69, 9.17) is 4.74 Å². The maximum Gasteiger partial charge on any atom is 0.246 e. The second-order valence-corrected chi connectivity index (χ2v) is 6.98. The summed E-state index contributed by atoms with van der Waals surface area (Å²) in [5, 5.41) is 2.60. The van der Waals surface area contributed by atoms with E-state index in [0.29, 0.717) is 32.4 Å². The van der Waals surface area contributed by atoms with Crippen LogP contribution in [0.25, 0.3) is 0 Å². The number of carbonyl (C=O) groups excluding carboxylic acids is 4. The van der Waals surface area contributed by atoms with E-state index in [1.807, 2.05) is 6.92 Å². The van der Waals surface area contributed by atoms with Gasteiger partial charge < -0.3 is 24.6 Å². The lowest BCUT2D eigenvalue weighted by Crippen LogP contribution is -2.55. The van der Waals surface area contributed by atoms with Crippen LogP contribution in [0.3, 0.4) is 0 Å². The normalized spacial score (nSPS) is 18.7. The topological polar surface area (TPSA) is 96.0 Å². The zero-order valence-corrected chi connectivity index (χ0v) is 16.9. The van der Waals surface area contributed by atoms with Gasteiger partial charge in [-0.15, -0.1) is 0 Å². The van der Waals surface area contributed by atoms with Crippen molar-refractivity contribution >= 4 is 24.0 Å². The molecule has 0 spiro atoms. The van der Waals surface area contributed by atoms with E-state index in [0.717, 1.165) is 19.3 Å². The molecule has 3 atom stereocenters. The highest BCUT2D eigenvalue weighted by Gasteiger charge is 2.38. The van der Waals surface area contributed by atoms with Gasteiger partial charge in [0.2, 0.25) is 17.7 Å². The van der Waals surface area contributed by atoms with Gasteiger partial charge in [0.25, 0.3) is 0 Å². The number of methoxy groups -OCH3 is 1. The first-order valence-electron chi connectivity index (χ1n) is 9.71. The van der Waals surface area contributed by atoms with Gasteiger partial charge in [0.05, 0.1) is 19.1 Å². The number of aldehydes is 1. The Morgan fingerprint density at radius 1 is 1.33 bits per heavy atom. The Balaban J connectivity index is 2.90. The number of hydrogen-bond donors (Lipinski definition) is 1. The number of likely N-dealkylation sites (tertiary alicyclic amines) is 1. The molecule has 1 aliphatic rings. The van der Waals surface area contributed by atoms with E-state index >= 15 is 0 Å². The first-order valence-corrected chi connectivity index (χ1v) is 9.71. The number of rotatable bonds is 11. The van der Waals surface area contributed by atoms with E-state index in [2.05, 4.69) is 5.32 Å². The zero-order valence-electron chi connectivity index (χ0n) is 16.9. The van der Waals surface area contributed by atoms with Crippen LogP contribution in [0.15, 0.2) is 0 Å².